The number of benzene rings is 2. The Labute approximate surface area is 207 Å². The van der Waals surface area contributed by atoms with Crippen LogP contribution in [-0.2, 0) is 0 Å². The molecule has 4 aromatic rings. The van der Waals surface area contributed by atoms with Crippen molar-refractivity contribution >= 4 is 38.9 Å². The molecule has 2 aromatic heterocycles. The minimum Gasteiger partial charge on any atom is -0.459 e. The number of aryl methyl sites for hydroxylation is 3. The Hall–Kier alpha value is -2.96. The standard InChI is InChI=1S/C27H24BrN3OS/c1-16-7-8-20(21(28)15-16)23-9-10-24(32-23)26-25(22-6-4-5-11-29-22)30-27(33)31(26)19-13-17(2)12-18(3)14-19/h4-15,25-26H,1-3H3,(H,30,33)/t25-,26+/m1/s1. The largest absolute Gasteiger partial charge is 0.459 e. The van der Waals surface area contributed by atoms with E-state index in [1.807, 2.05) is 36.5 Å². The molecule has 3 heterocycles. The molecule has 33 heavy (non-hydrogen) atoms. The number of pyridine rings is 1. The molecular weight excluding hydrogens is 494 g/mol. The number of hydrogen-bond donors (Lipinski definition) is 1. The molecule has 5 rings (SSSR count). The molecule has 0 bridgehead atoms. The van der Waals surface area contributed by atoms with Gasteiger partial charge in [-0.25, -0.2) is 0 Å². The highest BCUT2D eigenvalue weighted by atomic mass is 79.9. The smallest absolute Gasteiger partial charge is 0.174 e. The Morgan fingerprint density at radius 1 is 0.939 bits per heavy atom. The van der Waals surface area contributed by atoms with Gasteiger partial charge in [0.1, 0.15) is 17.6 Å². The molecule has 2 aromatic carbocycles. The molecular formula is C27H24BrN3OS. The summed E-state index contributed by atoms with van der Waals surface area (Å²) in [5.41, 5.74) is 6.56. The van der Waals surface area contributed by atoms with Gasteiger partial charge in [-0.05, 0) is 98.2 Å². The third-order valence-corrected chi connectivity index (χ3v) is 6.86. The summed E-state index contributed by atoms with van der Waals surface area (Å²) in [5.74, 6) is 1.65. The maximum Gasteiger partial charge on any atom is 0.174 e. The number of halogens is 1. The van der Waals surface area contributed by atoms with E-state index >= 15 is 0 Å². The van der Waals surface area contributed by atoms with E-state index in [1.54, 1.807) is 0 Å². The average molecular weight is 518 g/mol. The highest BCUT2D eigenvalue weighted by molar-refractivity contribution is 9.10. The van der Waals surface area contributed by atoms with Gasteiger partial charge in [-0.2, -0.15) is 0 Å². The lowest BCUT2D eigenvalue weighted by Gasteiger charge is -2.26. The zero-order chi connectivity index (χ0) is 23.1. The van der Waals surface area contributed by atoms with Gasteiger partial charge in [0, 0.05) is 21.9 Å². The van der Waals surface area contributed by atoms with Crippen molar-refractivity contribution in [3.63, 3.8) is 0 Å². The van der Waals surface area contributed by atoms with Crippen molar-refractivity contribution in [3.05, 3.63) is 106 Å². The molecule has 4 nitrogen and oxygen atoms in total. The lowest BCUT2D eigenvalue weighted by molar-refractivity contribution is 0.439. The maximum atomic E-state index is 6.49. The van der Waals surface area contributed by atoms with E-state index in [0.29, 0.717) is 5.11 Å². The van der Waals surface area contributed by atoms with Gasteiger partial charge in [-0.1, -0.05) is 34.1 Å². The molecule has 0 unspecified atom stereocenters. The quantitative estimate of drug-likeness (QED) is 0.289. The van der Waals surface area contributed by atoms with E-state index in [9.17, 15) is 0 Å². The first kappa shape index (κ1) is 21.9. The summed E-state index contributed by atoms with van der Waals surface area (Å²) in [4.78, 5) is 6.78. The minimum absolute atomic E-state index is 0.139. The molecule has 1 N–H and O–H groups in total. The number of hydrogen-bond acceptors (Lipinski definition) is 3. The van der Waals surface area contributed by atoms with Crippen molar-refractivity contribution in [2.75, 3.05) is 4.90 Å². The summed E-state index contributed by atoms with van der Waals surface area (Å²) in [6.45, 7) is 6.29. The fourth-order valence-corrected chi connectivity index (χ4v) is 5.52. The topological polar surface area (TPSA) is 41.3 Å². The fourth-order valence-electron chi connectivity index (χ4n) is 4.49. The van der Waals surface area contributed by atoms with E-state index in [1.165, 1.54) is 16.7 Å². The van der Waals surface area contributed by atoms with Crippen LogP contribution in [0, 0.1) is 20.8 Å². The maximum absolute atomic E-state index is 6.49. The van der Waals surface area contributed by atoms with Gasteiger partial charge in [0.05, 0.1) is 11.7 Å². The lowest BCUT2D eigenvalue weighted by Crippen LogP contribution is -2.29. The fraction of sp³-hybridized carbons (Fsp3) is 0.185. The minimum atomic E-state index is -0.174. The number of nitrogens with zero attached hydrogens (tertiary/aromatic N) is 2. The number of aromatic nitrogens is 1. The Morgan fingerprint density at radius 3 is 2.42 bits per heavy atom. The van der Waals surface area contributed by atoms with E-state index in [4.69, 9.17) is 16.6 Å². The third-order valence-electron chi connectivity index (χ3n) is 5.89. The third kappa shape index (κ3) is 4.21. The van der Waals surface area contributed by atoms with Crippen molar-refractivity contribution in [3.8, 4) is 11.3 Å². The molecule has 6 heteroatoms. The molecule has 0 saturated carbocycles. The van der Waals surface area contributed by atoms with Crippen LogP contribution in [0.3, 0.4) is 0 Å². The van der Waals surface area contributed by atoms with E-state index in [-0.39, 0.29) is 12.1 Å². The Balaban J connectivity index is 1.62. The van der Waals surface area contributed by atoms with Crippen molar-refractivity contribution in [2.45, 2.75) is 32.9 Å². The average Bonchev–Trinajstić information content (AvgIpc) is 3.38. The number of rotatable bonds is 4. The van der Waals surface area contributed by atoms with Crippen LogP contribution >= 0.6 is 28.1 Å². The van der Waals surface area contributed by atoms with Crippen molar-refractivity contribution in [2.24, 2.45) is 0 Å². The monoisotopic (exact) mass is 517 g/mol. The van der Waals surface area contributed by atoms with Crippen LogP contribution in [0.1, 0.15) is 40.2 Å². The molecule has 1 aliphatic heterocycles. The highest BCUT2D eigenvalue weighted by Crippen LogP contribution is 2.43. The van der Waals surface area contributed by atoms with Crippen molar-refractivity contribution < 1.29 is 4.42 Å². The predicted molar refractivity (Wildman–Crippen MR) is 140 cm³/mol. The number of anilines is 1. The molecule has 2 atom stereocenters. The summed E-state index contributed by atoms with van der Waals surface area (Å²) in [6, 6.07) is 22.5. The zero-order valence-electron chi connectivity index (χ0n) is 18.7. The summed E-state index contributed by atoms with van der Waals surface area (Å²) in [7, 11) is 0. The van der Waals surface area contributed by atoms with Crippen molar-refractivity contribution in [1.82, 2.24) is 10.3 Å². The predicted octanol–water partition coefficient (Wildman–Crippen LogP) is 7.21. The van der Waals surface area contributed by atoms with E-state index in [0.717, 1.165) is 32.9 Å². The van der Waals surface area contributed by atoms with Crippen LogP contribution in [0.15, 0.2) is 81.8 Å². The lowest BCUT2D eigenvalue weighted by atomic mass is 10.0. The van der Waals surface area contributed by atoms with Gasteiger partial charge in [-0.15, -0.1) is 0 Å². The molecule has 0 amide bonds. The Bertz CT molecular complexity index is 1310. The van der Waals surface area contributed by atoms with Crippen LogP contribution in [0.25, 0.3) is 11.3 Å². The van der Waals surface area contributed by atoms with E-state index < -0.39 is 0 Å². The normalized spacial score (nSPS) is 17.9. The Morgan fingerprint density at radius 2 is 1.73 bits per heavy atom. The number of furan rings is 1. The second kappa shape index (κ2) is 8.76. The highest BCUT2D eigenvalue weighted by Gasteiger charge is 2.42. The molecule has 0 spiro atoms. The summed E-state index contributed by atoms with van der Waals surface area (Å²) in [5, 5.41) is 4.16. The summed E-state index contributed by atoms with van der Waals surface area (Å²) >= 11 is 9.52. The number of nitrogens with one attached hydrogen (secondary N) is 1. The van der Waals surface area contributed by atoms with E-state index in [2.05, 4.69) is 88.3 Å². The SMILES string of the molecule is Cc1cc(C)cc(N2C(=S)N[C@H](c3ccccn3)[C@@H]2c2ccc(-c3ccc(C)cc3Br)o2)c1. The van der Waals surface area contributed by atoms with Crippen molar-refractivity contribution in [1.29, 1.82) is 0 Å². The van der Waals surface area contributed by atoms with Crippen LogP contribution < -0.4 is 10.2 Å². The molecule has 166 valence electrons. The first-order chi connectivity index (χ1) is 15.9. The van der Waals surface area contributed by atoms with Gasteiger partial charge >= 0.3 is 0 Å². The van der Waals surface area contributed by atoms with Crippen LogP contribution in [0.4, 0.5) is 5.69 Å². The van der Waals surface area contributed by atoms with Crippen LogP contribution in [-0.4, -0.2) is 10.1 Å². The van der Waals surface area contributed by atoms with Gasteiger partial charge in [0.2, 0.25) is 0 Å². The molecule has 1 fully saturated rings. The van der Waals surface area contributed by atoms with Gasteiger partial charge in [-0.3, -0.25) is 4.98 Å². The first-order valence-electron chi connectivity index (χ1n) is 10.9. The summed E-state index contributed by atoms with van der Waals surface area (Å²) in [6.07, 6.45) is 1.81. The molecule has 0 radical (unpaired) electrons. The second-order valence-electron chi connectivity index (χ2n) is 8.53. The van der Waals surface area contributed by atoms with Gasteiger partial charge in [0.15, 0.2) is 5.11 Å². The second-order valence-corrected chi connectivity index (χ2v) is 9.77. The van der Waals surface area contributed by atoms with Crippen LogP contribution in [0.5, 0.6) is 0 Å². The van der Waals surface area contributed by atoms with Gasteiger partial charge < -0.3 is 14.6 Å². The Kier molecular flexibility index (Phi) is 5.81. The van der Waals surface area contributed by atoms with Gasteiger partial charge in [0.25, 0.3) is 0 Å². The first-order valence-corrected chi connectivity index (χ1v) is 12.1. The summed E-state index contributed by atoms with van der Waals surface area (Å²) < 4.78 is 7.50. The number of thiocarbonyl (C=S) groups is 1. The zero-order valence-corrected chi connectivity index (χ0v) is 21.1. The molecule has 0 aliphatic carbocycles. The molecule has 1 saturated heterocycles. The molecule has 1 aliphatic rings. The van der Waals surface area contributed by atoms with Crippen LogP contribution in [0.2, 0.25) is 0 Å².